The third kappa shape index (κ3) is 59.3. The van der Waals surface area contributed by atoms with E-state index < -0.39 is 17.1 Å². The molecule has 16 heteroatoms. The van der Waals surface area contributed by atoms with Crippen LogP contribution in [0.15, 0.2) is 0 Å². The van der Waals surface area contributed by atoms with Crippen LogP contribution in [0.3, 0.4) is 0 Å². The van der Waals surface area contributed by atoms with Crippen molar-refractivity contribution in [1.29, 1.82) is 0 Å². The summed E-state index contributed by atoms with van der Waals surface area (Å²) in [5.41, 5.74) is -7.50. The average molecular weight is 1350 g/mol. The minimum Gasteiger partial charge on any atom is -0.691 e. The van der Waals surface area contributed by atoms with Crippen molar-refractivity contribution in [1.82, 2.24) is 0 Å². The molecule has 0 saturated carbocycles. The van der Waals surface area contributed by atoms with E-state index >= 15 is 0 Å². The van der Waals surface area contributed by atoms with E-state index in [-0.39, 0.29) is 24.4 Å². The van der Waals surface area contributed by atoms with Crippen molar-refractivity contribution in [3.05, 3.63) is 0 Å². The summed E-state index contributed by atoms with van der Waals surface area (Å²) in [6.07, 6.45) is 45.4. The normalized spacial score (nSPS) is 16.3. The van der Waals surface area contributed by atoms with Gasteiger partial charge in [-0.3, -0.25) is 0 Å². The van der Waals surface area contributed by atoms with Crippen LogP contribution in [0.2, 0.25) is 0 Å². The molecule has 458 valence electrons. The van der Waals surface area contributed by atoms with Crippen molar-refractivity contribution < 1.29 is 27.1 Å². The predicted octanol–water partition coefficient (Wildman–Crippen LogP) is 23.0. The summed E-state index contributed by atoms with van der Waals surface area (Å²) in [6, 6.07) is 0. The van der Waals surface area contributed by atoms with Gasteiger partial charge in [0.25, 0.3) is 0 Å². The summed E-state index contributed by atoms with van der Waals surface area (Å²) in [5.74, 6) is 3.43. The van der Waals surface area contributed by atoms with Gasteiger partial charge in [-0.05, 0) is 74.0 Å². The summed E-state index contributed by atoms with van der Waals surface area (Å²) in [5, 5.41) is 0. The molecule has 0 aromatic rings. The van der Waals surface area contributed by atoms with Gasteiger partial charge in [-0.15, -0.1) is 0 Å². The average Bonchev–Trinajstić information content (AvgIpc) is 3.40. The molecule has 0 aliphatic rings. The summed E-state index contributed by atoms with van der Waals surface area (Å²) >= 11 is 32.8. The van der Waals surface area contributed by atoms with E-state index in [1.165, 1.54) is 193 Å². The van der Waals surface area contributed by atoms with Crippen molar-refractivity contribution in [2.45, 2.75) is 314 Å². The zero-order valence-electron chi connectivity index (χ0n) is 51.9. The van der Waals surface area contributed by atoms with Crippen molar-refractivity contribution in [3.8, 4) is 0 Å². The Morgan fingerprint density at radius 1 is 0.250 bits per heavy atom. The Balaban J connectivity index is -0.000000508. The van der Waals surface area contributed by atoms with Gasteiger partial charge in [0.1, 0.15) is 0 Å². The zero-order chi connectivity index (χ0) is 56.9. The van der Waals surface area contributed by atoms with Crippen molar-refractivity contribution in [3.63, 3.8) is 0 Å². The molecule has 0 fully saturated rings. The molecular formula is C60H126O6P3S6Sb. The summed E-state index contributed by atoms with van der Waals surface area (Å²) in [7, 11) is 0. The van der Waals surface area contributed by atoms with Crippen LogP contribution in [0, 0.1) is 35.5 Å². The summed E-state index contributed by atoms with van der Waals surface area (Å²) in [6.45, 7) is 30.9. The second-order valence-corrected chi connectivity index (χ2v) is 36.8. The van der Waals surface area contributed by atoms with Crippen molar-refractivity contribution in [2.75, 3.05) is 39.6 Å². The smallest absolute Gasteiger partial charge is 0.691 e. The molecule has 6 nitrogen and oxygen atoms in total. The van der Waals surface area contributed by atoms with Gasteiger partial charge >= 0.3 is 24.4 Å². The van der Waals surface area contributed by atoms with E-state index in [4.69, 9.17) is 99.3 Å². The molecule has 0 N–H and O–H groups in total. The van der Waals surface area contributed by atoms with Crippen LogP contribution >= 0.6 is 17.1 Å². The number of hydrogen-bond donors (Lipinski definition) is 0. The molecule has 6 unspecified atom stereocenters. The Hall–Kier alpha value is 3.58. The monoisotopic (exact) mass is 1350 g/mol. The van der Waals surface area contributed by atoms with Crippen LogP contribution in [-0.2, 0) is 99.3 Å². The van der Waals surface area contributed by atoms with Crippen LogP contribution in [0.4, 0.5) is 0 Å². The first-order chi connectivity index (χ1) is 36.0. The Morgan fingerprint density at radius 3 is 0.487 bits per heavy atom. The van der Waals surface area contributed by atoms with Gasteiger partial charge in [0.15, 0.2) is 0 Å². The van der Waals surface area contributed by atoms with E-state index in [0.717, 1.165) is 38.5 Å². The van der Waals surface area contributed by atoms with E-state index in [2.05, 4.69) is 83.1 Å². The molecule has 0 aliphatic heterocycles. The largest absolute Gasteiger partial charge is 3.00 e. The van der Waals surface area contributed by atoms with Gasteiger partial charge in [0, 0.05) is 0 Å². The first-order valence-corrected chi connectivity index (χ1v) is 42.7. The third-order valence-electron chi connectivity index (χ3n) is 15.1. The molecule has 0 aliphatic carbocycles. The SMILES string of the molecule is CCCCCCC(CC)COP(=S)([S-])OCC(CC)CCCCCC.CCCCCCC(CC)COP(=S)([S-])OCC(CC)CCCCCC.CCCCCCC(CC)COP(=S)([S-])OCC(CC)CCCCCC.[Sb+3]. The maximum Gasteiger partial charge on any atom is 3.00 e. The van der Waals surface area contributed by atoms with E-state index in [1.54, 1.807) is 0 Å². The van der Waals surface area contributed by atoms with Crippen LogP contribution < -0.4 is 0 Å². The fourth-order valence-corrected chi connectivity index (χ4v) is 13.7. The van der Waals surface area contributed by atoms with E-state index in [0.29, 0.717) is 75.1 Å². The van der Waals surface area contributed by atoms with E-state index in [9.17, 15) is 0 Å². The summed E-state index contributed by atoms with van der Waals surface area (Å²) < 4.78 is 35.4. The molecule has 2 radical (unpaired) electrons. The zero-order valence-corrected chi connectivity index (χ0v) is 62.0. The predicted molar refractivity (Wildman–Crippen MR) is 362 cm³/mol. The molecule has 0 spiro atoms. The number of rotatable bonds is 54. The minimum absolute atomic E-state index is 0. The molecule has 6 atom stereocenters. The van der Waals surface area contributed by atoms with Crippen LogP contribution in [0.1, 0.15) is 314 Å². The molecule has 0 rings (SSSR count). The topological polar surface area (TPSA) is 55.4 Å². The van der Waals surface area contributed by atoms with Gasteiger partial charge in [-0.2, -0.15) is 0 Å². The van der Waals surface area contributed by atoms with Gasteiger partial charge in [-0.1, -0.05) is 311 Å². The Morgan fingerprint density at radius 2 is 0.382 bits per heavy atom. The quantitative estimate of drug-likeness (QED) is 0.0252. The Kier molecular flexibility index (Phi) is 69.8. The number of hydrogen-bond acceptors (Lipinski definition) is 12. The molecule has 76 heavy (non-hydrogen) atoms. The van der Waals surface area contributed by atoms with Crippen LogP contribution in [-0.4, -0.2) is 64.1 Å². The molecule has 0 aromatic carbocycles. The van der Waals surface area contributed by atoms with Gasteiger partial charge in [-0.25, -0.2) is 0 Å². The fraction of sp³-hybridized carbons (Fsp3) is 1.00. The first-order valence-electron chi connectivity index (χ1n) is 31.8. The van der Waals surface area contributed by atoms with Crippen LogP contribution in [0.25, 0.3) is 0 Å². The molecule has 0 saturated heterocycles. The fourth-order valence-electron chi connectivity index (χ4n) is 8.88. The second-order valence-electron chi connectivity index (χ2n) is 21.9. The standard InChI is InChI=1S/3C20H43O2PS2.Sb/c3*1-5-9-11-13-15-19(7-3)17-21-23(24,25)22-18-20(8-4)16-14-12-10-6-2;/h3*19-20H,5-18H2,1-4H3,(H,24,25);/q;;;+3/p-3. The van der Waals surface area contributed by atoms with E-state index in [1.807, 2.05) is 0 Å². The third-order valence-corrected chi connectivity index (χ3v) is 21.7. The van der Waals surface area contributed by atoms with Gasteiger partial charge in [0.05, 0.1) is 56.7 Å². The summed E-state index contributed by atoms with van der Waals surface area (Å²) in [4.78, 5) is 0. The molecule has 0 heterocycles. The van der Waals surface area contributed by atoms with Gasteiger partial charge in [0.2, 0.25) is 0 Å². The second kappa shape index (κ2) is 61.7. The Bertz CT molecular complexity index is 1090. The van der Waals surface area contributed by atoms with Gasteiger partial charge < -0.3 is 63.9 Å². The molecule has 0 bridgehead atoms. The minimum atomic E-state index is -2.50. The number of unbranched alkanes of at least 4 members (excludes halogenated alkanes) is 18. The van der Waals surface area contributed by atoms with Crippen molar-refractivity contribution in [2.24, 2.45) is 35.5 Å². The Labute approximate surface area is 525 Å². The first kappa shape index (κ1) is 86.0. The molecule has 0 aromatic heterocycles. The maximum atomic E-state index is 5.90. The van der Waals surface area contributed by atoms with Crippen molar-refractivity contribution >= 4 is 114 Å². The molecular weight excluding hydrogens is 1220 g/mol. The molecule has 0 amide bonds. The van der Waals surface area contributed by atoms with Crippen LogP contribution in [0.5, 0.6) is 0 Å². The maximum absolute atomic E-state index is 5.90.